The Balaban J connectivity index is 1.25. The van der Waals surface area contributed by atoms with Crippen molar-refractivity contribution in [2.75, 3.05) is 19.6 Å². The Morgan fingerprint density at radius 3 is 2.47 bits per heavy atom. The number of hydrogen-bond acceptors (Lipinski definition) is 4. The van der Waals surface area contributed by atoms with E-state index in [0.717, 1.165) is 74.1 Å². The van der Waals surface area contributed by atoms with Gasteiger partial charge in [0.15, 0.2) is 0 Å². The molecule has 4 aromatic rings. The lowest BCUT2D eigenvalue weighted by Gasteiger charge is -2.39. The topological polar surface area (TPSA) is 74.2 Å². The Kier molecular flexibility index (Phi) is 6.51. The van der Waals surface area contributed by atoms with Gasteiger partial charge in [-0.3, -0.25) is 19.1 Å². The average Bonchev–Trinajstić information content (AvgIpc) is 3.94. The van der Waals surface area contributed by atoms with Crippen LogP contribution in [0.4, 0.5) is 4.39 Å². The molecule has 4 fully saturated rings. The van der Waals surface area contributed by atoms with Crippen LogP contribution in [0.1, 0.15) is 97.4 Å². The van der Waals surface area contributed by atoms with Gasteiger partial charge in [-0.25, -0.2) is 9.37 Å². The number of carbonyl (C=O) groups excluding carboxylic acids is 1. The van der Waals surface area contributed by atoms with Crippen LogP contribution >= 0.6 is 0 Å². The van der Waals surface area contributed by atoms with Crippen LogP contribution in [-0.4, -0.2) is 55.9 Å². The van der Waals surface area contributed by atoms with Crippen LogP contribution < -0.4 is 5.56 Å². The summed E-state index contributed by atoms with van der Waals surface area (Å²) in [5.41, 5.74) is 5.56. The fourth-order valence-corrected chi connectivity index (χ4v) is 6.95. The average molecular weight is 580 g/mol. The van der Waals surface area contributed by atoms with Crippen molar-refractivity contribution in [2.24, 2.45) is 0 Å². The fraction of sp³-hybridized carbons (Fsp3) is 0.457. The molecule has 5 heterocycles. The molecule has 1 aromatic carbocycles. The highest BCUT2D eigenvalue weighted by molar-refractivity contribution is 6.01. The molecule has 222 valence electrons. The van der Waals surface area contributed by atoms with Crippen molar-refractivity contribution < 1.29 is 9.18 Å². The number of amides is 1. The fourth-order valence-electron chi connectivity index (χ4n) is 6.95. The molecule has 0 radical (unpaired) electrons. The number of nitrogens with zero attached hydrogens (tertiary/aromatic N) is 4. The quantitative estimate of drug-likeness (QED) is 0.272. The van der Waals surface area contributed by atoms with E-state index in [1.807, 2.05) is 25.3 Å². The maximum Gasteiger partial charge on any atom is 0.280 e. The Labute approximate surface area is 250 Å². The molecule has 2 aliphatic carbocycles. The van der Waals surface area contributed by atoms with Gasteiger partial charge in [0.1, 0.15) is 17.2 Å². The van der Waals surface area contributed by atoms with Gasteiger partial charge in [0.25, 0.3) is 11.5 Å². The summed E-state index contributed by atoms with van der Waals surface area (Å²) in [4.78, 5) is 40.5. The molecule has 2 aliphatic heterocycles. The van der Waals surface area contributed by atoms with E-state index in [1.54, 1.807) is 15.5 Å². The lowest BCUT2D eigenvalue weighted by molar-refractivity contribution is 0.0502. The highest BCUT2D eigenvalue weighted by Gasteiger charge is 2.33. The van der Waals surface area contributed by atoms with Crippen LogP contribution in [-0.2, 0) is 6.54 Å². The summed E-state index contributed by atoms with van der Waals surface area (Å²) in [5.74, 6) is 0.749. The van der Waals surface area contributed by atoms with Crippen LogP contribution in [0, 0.1) is 5.82 Å². The molecule has 1 N–H and O–H groups in total. The van der Waals surface area contributed by atoms with E-state index < -0.39 is 5.82 Å². The molecule has 2 saturated carbocycles. The lowest BCUT2D eigenvalue weighted by Crippen LogP contribution is -2.49. The zero-order valence-electron chi connectivity index (χ0n) is 24.7. The van der Waals surface area contributed by atoms with Crippen LogP contribution in [0.5, 0.6) is 0 Å². The molecule has 0 bridgehead atoms. The van der Waals surface area contributed by atoms with Gasteiger partial charge in [0, 0.05) is 48.0 Å². The Bertz CT molecular complexity index is 1790. The Morgan fingerprint density at radius 2 is 1.77 bits per heavy atom. The van der Waals surface area contributed by atoms with Gasteiger partial charge in [-0.05, 0) is 118 Å². The molecule has 1 unspecified atom stereocenters. The number of fused-ring (bicyclic) bond motifs is 1. The number of rotatable bonds is 7. The number of piperidine rings is 1. The number of halogens is 1. The molecule has 0 spiro atoms. The number of hydrogen-bond donors (Lipinski definition) is 1. The SMILES string of the molecule is CC1CCN1C(=O)c1cc(F)ccc1-c1cc(C2CC2)nc(-n2cc(C3CC3)c3cc(CN4CCCCC4)[nH]c3c2=O)c1. The van der Waals surface area contributed by atoms with Gasteiger partial charge < -0.3 is 9.88 Å². The van der Waals surface area contributed by atoms with Crippen molar-refractivity contribution in [3.63, 3.8) is 0 Å². The zero-order chi connectivity index (χ0) is 29.2. The second-order valence-corrected chi connectivity index (χ2v) is 13.2. The lowest BCUT2D eigenvalue weighted by atomic mass is 9.95. The van der Waals surface area contributed by atoms with Gasteiger partial charge in [-0.2, -0.15) is 0 Å². The summed E-state index contributed by atoms with van der Waals surface area (Å²) in [6.07, 6.45) is 11.0. The largest absolute Gasteiger partial charge is 0.353 e. The smallest absolute Gasteiger partial charge is 0.280 e. The first-order valence-electron chi connectivity index (χ1n) is 16.1. The second-order valence-electron chi connectivity index (χ2n) is 13.2. The second kappa shape index (κ2) is 10.4. The molecule has 8 heteroatoms. The van der Waals surface area contributed by atoms with Crippen molar-refractivity contribution in [1.29, 1.82) is 0 Å². The number of aromatic amines is 1. The molecule has 1 atom stereocenters. The summed E-state index contributed by atoms with van der Waals surface area (Å²) >= 11 is 0. The minimum absolute atomic E-state index is 0.111. The van der Waals surface area contributed by atoms with E-state index in [9.17, 15) is 14.0 Å². The Morgan fingerprint density at radius 1 is 0.977 bits per heavy atom. The van der Waals surface area contributed by atoms with Crippen LogP contribution in [0.2, 0.25) is 0 Å². The summed E-state index contributed by atoms with van der Waals surface area (Å²) in [7, 11) is 0. The first-order chi connectivity index (χ1) is 20.9. The highest BCUT2D eigenvalue weighted by Crippen LogP contribution is 2.44. The molecule has 4 aliphatic rings. The van der Waals surface area contributed by atoms with Crippen molar-refractivity contribution in [2.45, 2.75) is 82.7 Å². The zero-order valence-corrected chi connectivity index (χ0v) is 24.7. The minimum atomic E-state index is -0.431. The predicted molar refractivity (Wildman–Crippen MR) is 165 cm³/mol. The number of nitrogens with one attached hydrogen (secondary N) is 1. The third-order valence-electron chi connectivity index (χ3n) is 9.92. The van der Waals surface area contributed by atoms with Gasteiger partial charge in [0.05, 0.1) is 5.56 Å². The van der Waals surface area contributed by atoms with Crippen molar-refractivity contribution in [1.82, 2.24) is 24.3 Å². The van der Waals surface area contributed by atoms with Crippen molar-refractivity contribution in [3.8, 4) is 16.9 Å². The van der Waals surface area contributed by atoms with Gasteiger partial charge in [0.2, 0.25) is 0 Å². The maximum absolute atomic E-state index is 14.5. The summed E-state index contributed by atoms with van der Waals surface area (Å²) < 4.78 is 16.2. The summed E-state index contributed by atoms with van der Waals surface area (Å²) in [6.45, 7) is 5.73. The Hall–Kier alpha value is -3.78. The van der Waals surface area contributed by atoms with Crippen LogP contribution in [0.25, 0.3) is 27.8 Å². The number of benzene rings is 1. The van der Waals surface area contributed by atoms with E-state index in [0.29, 0.717) is 40.8 Å². The van der Waals surface area contributed by atoms with E-state index in [1.165, 1.54) is 37.0 Å². The maximum atomic E-state index is 14.5. The molecule has 43 heavy (non-hydrogen) atoms. The molecular formula is C35H38FN5O2. The van der Waals surface area contributed by atoms with Gasteiger partial charge in [-0.15, -0.1) is 0 Å². The van der Waals surface area contributed by atoms with Crippen molar-refractivity contribution >= 4 is 16.8 Å². The number of pyridine rings is 2. The number of likely N-dealkylation sites (tertiary alicyclic amines) is 2. The molecule has 7 nitrogen and oxygen atoms in total. The van der Waals surface area contributed by atoms with E-state index in [2.05, 4.69) is 16.0 Å². The monoisotopic (exact) mass is 579 g/mol. The van der Waals surface area contributed by atoms with Gasteiger partial charge >= 0.3 is 0 Å². The molecule has 2 saturated heterocycles. The third kappa shape index (κ3) is 4.99. The van der Waals surface area contributed by atoms with Crippen LogP contribution in [0.3, 0.4) is 0 Å². The van der Waals surface area contributed by atoms with Gasteiger partial charge in [-0.1, -0.05) is 12.5 Å². The highest BCUT2D eigenvalue weighted by atomic mass is 19.1. The standard InChI is InChI=1S/C35H38FN5O2/c1-21-11-14-40(21)34(42)29-17-25(36)9-10-27(29)24-15-31(23-7-8-23)38-32(16-24)41-20-30(22-5-6-22)28-18-26(37-33(28)35(41)43)19-39-12-3-2-4-13-39/h9-10,15-18,20-23,37H,2-8,11-14,19H2,1H3. The third-order valence-corrected chi connectivity index (χ3v) is 9.92. The van der Waals surface area contributed by atoms with E-state index >= 15 is 0 Å². The number of H-pyrrole nitrogens is 1. The molecular weight excluding hydrogens is 541 g/mol. The minimum Gasteiger partial charge on any atom is -0.353 e. The molecule has 3 aromatic heterocycles. The number of aromatic nitrogens is 3. The normalized spacial score (nSPS) is 20.9. The summed E-state index contributed by atoms with van der Waals surface area (Å²) in [6, 6.07) is 10.7. The first-order valence-corrected chi connectivity index (χ1v) is 16.1. The number of carbonyl (C=O) groups is 1. The molecule has 1 amide bonds. The molecule has 8 rings (SSSR count). The van der Waals surface area contributed by atoms with E-state index in [-0.39, 0.29) is 17.5 Å². The predicted octanol–water partition coefficient (Wildman–Crippen LogP) is 6.50. The first kappa shape index (κ1) is 26.8. The summed E-state index contributed by atoms with van der Waals surface area (Å²) in [5, 5.41) is 1.03. The van der Waals surface area contributed by atoms with Crippen molar-refractivity contribution in [3.05, 3.63) is 81.3 Å². The van der Waals surface area contributed by atoms with Crippen LogP contribution in [0.15, 0.2) is 47.4 Å². The van der Waals surface area contributed by atoms with E-state index in [4.69, 9.17) is 4.98 Å².